The number of rotatable bonds is 5. The van der Waals surface area contributed by atoms with Gasteiger partial charge in [0, 0.05) is 5.69 Å². The van der Waals surface area contributed by atoms with E-state index in [1.54, 1.807) is 6.92 Å². The monoisotopic (exact) mass is 263 g/mol. The molecule has 0 saturated carbocycles. The van der Waals surface area contributed by atoms with Crippen LogP contribution in [-0.2, 0) is 14.3 Å². The molecule has 104 valence electrons. The van der Waals surface area contributed by atoms with Crippen LogP contribution in [-0.4, -0.2) is 18.5 Å². The minimum absolute atomic E-state index is 0.250. The number of hydrogen-bond acceptors (Lipinski definition) is 3. The Morgan fingerprint density at radius 2 is 2.00 bits per heavy atom. The Morgan fingerprint density at radius 1 is 1.32 bits per heavy atom. The lowest BCUT2D eigenvalue weighted by molar-refractivity contribution is -0.145. The first kappa shape index (κ1) is 15.2. The summed E-state index contributed by atoms with van der Waals surface area (Å²) in [6, 6.07) is 5.88. The van der Waals surface area contributed by atoms with Gasteiger partial charge in [0.1, 0.15) is 6.42 Å². The third-order valence-electron chi connectivity index (χ3n) is 2.80. The molecule has 1 aromatic carbocycles. The summed E-state index contributed by atoms with van der Waals surface area (Å²) in [7, 11) is 0. The van der Waals surface area contributed by atoms with Crippen molar-refractivity contribution in [2.24, 2.45) is 0 Å². The molecule has 0 atom stereocenters. The number of amides is 1. The van der Waals surface area contributed by atoms with Crippen LogP contribution in [0.5, 0.6) is 0 Å². The van der Waals surface area contributed by atoms with E-state index in [1.165, 1.54) is 0 Å². The molecule has 1 aromatic rings. The lowest BCUT2D eigenvalue weighted by Gasteiger charge is -2.16. The lowest BCUT2D eigenvalue weighted by Crippen LogP contribution is -2.19. The summed E-state index contributed by atoms with van der Waals surface area (Å²) >= 11 is 0. The molecule has 0 aromatic heterocycles. The van der Waals surface area contributed by atoms with Gasteiger partial charge in [-0.3, -0.25) is 9.59 Å². The summed E-state index contributed by atoms with van der Waals surface area (Å²) in [5.41, 5.74) is 2.85. The van der Waals surface area contributed by atoms with Crippen molar-refractivity contribution in [3.05, 3.63) is 29.3 Å². The molecule has 0 aliphatic rings. The van der Waals surface area contributed by atoms with E-state index in [4.69, 9.17) is 4.74 Å². The summed E-state index contributed by atoms with van der Waals surface area (Å²) in [5, 5.41) is 2.81. The second kappa shape index (κ2) is 6.92. The van der Waals surface area contributed by atoms with Gasteiger partial charge in [-0.25, -0.2) is 0 Å². The van der Waals surface area contributed by atoms with Gasteiger partial charge in [-0.1, -0.05) is 32.0 Å². The highest BCUT2D eigenvalue weighted by Gasteiger charge is 2.14. The highest BCUT2D eigenvalue weighted by molar-refractivity contribution is 6.02. The molecule has 0 saturated heterocycles. The fourth-order valence-electron chi connectivity index (χ4n) is 1.87. The number of carbonyl (C=O) groups excluding carboxylic acids is 2. The van der Waals surface area contributed by atoms with Crippen LogP contribution >= 0.6 is 0 Å². The van der Waals surface area contributed by atoms with Crippen LogP contribution in [0.25, 0.3) is 0 Å². The molecule has 0 bridgehead atoms. The SMILES string of the molecule is CCOC(=O)CC(=O)Nc1c(C)cccc1C(C)C. The Labute approximate surface area is 114 Å². The standard InChI is InChI=1S/C15H21NO3/c1-5-19-14(18)9-13(17)16-15-11(4)7-6-8-12(15)10(2)3/h6-8,10H,5,9H2,1-4H3,(H,16,17). The summed E-state index contributed by atoms with van der Waals surface area (Å²) < 4.78 is 4.76. The van der Waals surface area contributed by atoms with Crippen molar-refractivity contribution in [2.45, 2.75) is 40.0 Å². The molecule has 1 N–H and O–H groups in total. The summed E-state index contributed by atoms with van der Waals surface area (Å²) in [6.07, 6.45) is -0.250. The Kier molecular flexibility index (Phi) is 5.55. The van der Waals surface area contributed by atoms with Crippen LogP contribution < -0.4 is 5.32 Å². The number of anilines is 1. The van der Waals surface area contributed by atoms with E-state index < -0.39 is 5.97 Å². The molecule has 0 radical (unpaired) electrons. The van der Waals surface area contributed by atoms with E-state index >= 15 is 0 Å². The number of benzene rings is 1. The minimum Gasteiger partial charge on any atom is -0.466 e. The molecule has 0 unspecified atom stereocenters. The van der Waals surface area contributed by atoms with Crippen molar-refractivity contribution in [1.82, 2.24) is 0 Å². The fraction of sp³-hybridized carbons (Fsp3) is 0.467. The van der Waals surface area contributed by atoms with Gasteiger partial charge in [0.25, 0.3) is 0 Å². The molecule has 1 amide bonds. The highest BCUT2D eigenvalue weighted by Crippen LogP contribution is 2.27. The zero-order valence-corrected chi connectivity index (χ0v) is 11.9. The zero-order valence-electron chi connectivity index (χ0n) is 11.9. The van der Waals surface area contributed by atoms with Crippen molar-refractivity contribution in [3.8, 4) is 0 Å². The van der Waals surface area contributed by atoms with Gasteiger partial charge in [0.2, 0.25) is 5.91 Å². The average Bonchev–Trinajstić information content (AvgIpc) is 2.31. The predicted octanol–water partition coefficient (Wildman–Crippen LogP) is 3.01. The third-order valence-corrected chi connectivity index (χ3v) is 2.80. The second-order valence-corrected chi connectivity index (χ2v) is 4.72. The van der Waals surface area contributed by atoms with E-state index in [0.29, 0.717) is 5.92 Å². The van der Waals surface area contributed by atoms with E-state index in [1.807, 2.05) is 25.1 Å². The molecule has 0 aliphatic heterocycles. The summed E-state index contributed by atoms with van der Waals surface area (Å²) in [4.78, 5) is 23.1. The van der Waals surface area contributed by atoms with Crippen LogP contribution in [0.2, 0.25) is 0 Å². The molecule has 4 heteroatoms. The van der Waals surface area contributed by atoms with Crippen molar-refractivity contribution in [2.75, 3.05) is 11.9 Å². The van der Waals surface area contributed by atoms with Crippen molar-refractivity contribution < 1.29 is 14.3 Å². The Bertz CT molecular complexity index is 466. The minimum atomic E-state index is -0.500. The average molecular weight is 263 g/mol. The van der Waals surface area contributed by atoms with Gasteiger partial charge in [0.05, 0.1) is 6.61 Å². The van der Waals surface area contributed by atoms with E-state index in [2.05, 4.69) is 19.2 Å². The summed E-state index contributed by atoms with van der Waals surface area (Å²) in [6.45, 7) is 8.07. The molecule has 0 heterocycles. The normalized spacial score (nSPS) is 10.4. The quantitative estimate of drug-likeness (QED) is 0.656. The van der Waals surface area contributed by atoms with Crippen LogP contribution in [0.15, 0.2) is 18.2 Å². The maximum atomic E-state index is 11.8. The summed E-state index contributed by atoms with van der Waals surface area (Å²) in [5.74, 6) is -0.535. The topological polar surface area (TPSA) is 55.4 Å². The molecular weight excluding hydrogens is 242 g/mol. The molecule has 0 fully saturated rings. The molecule has 0 aliphatic carbocycles. The van der Waals surface area contributed by atoms with Gasteiger partial charge < -0.3 is 10.1 Å². The van der Waals surface area contributed by atoms with E-state index in [0.717, 1.165) is 16.8 Å². The van der Waals surface area contributed by atoms with Crippen molar-refractivity contribution >= 4 is 17.6 Å². The first-order valence-electron chi connectivity index (χ1n) is 6.50. The first-order valence-corrected chi connectivity index (χ1v) is 6.50. The number of aryl methyl sites for hydroxylation is 1. The maximum Gasteiger partial charge on any atom is 0.315 e. The van der Waals surface area contributed by atoms with Gasteiger partial charge in [-0.15, -0.1) is 0 Å². The number of carbonyl (C=O) groups is 2. The van der Waals surface area contributed by atoms with Gasteiger partial charge >= 0.3 is 5.97 Å². The lowest BCUT2D eigenvalue weighted by atomic mass is 9.98. The number of ether oxygens (including phenoxy) is 1. The highest BCUT2D eigenvalue weighted by atomic mass is 16.5. The Hall–Kier alpha value is -1.84. The smallest absolute Gasteiger partial charge is 0.315 e. The number of esters is 1. The van der Waals surface area contributed by atoms with E-state index in [-0.39, 0.29) is 18.9 Å². The number of nitrogens with one attached hydrogen (secondary N) is 1. The first-order chi connectivity index (χ1) is 8.95. The largest absolute Gasteiger partial charge is 0.466 e. The molecular formula is C15H21NO3. The molecule has 0 spiro atoms. The Balaban J connectivity index is 2.82. The van der Waals surface area contributed by atoms with E-state index in [9.17, 15) is 9.59 Å². The van der Waals surface area contributed by atoms with Crippen LogP contribution in [0, 0.1) is 6.92 Å². The van der Waals surface area contributed by atoms with Crippen LogP contribution in [0.4, 0.5) is 5.69 Å². The zero-order chi connectivity index (χ0) is 14.4. The second-order valence-electron chi connectivity index (χ2n) is 4.72. The van der Waals surface area contributed by atoms with Crippen molar-refractivity contribution in [3.63, 3.8) is 0 Å². The number of hydrogen-bond donors (Lipinski definition) is 1. The Morgan fingerprint density at radius 3 is 2.58 bits per heavy atom. The molecule has 1 rings (SSSR count). The van der Waals surface area contributed by atoms with Gasteiger partial charge in [-0.2, -0.15) is 0 Å². The fourth-order valence-corrected chi connectivity index (χ4v) is 1.87. The maximum absolute atomic E-state index is 11.8. The van der Waals surface area contributed by atoms with Crippen LogP contribution in [0.1, 0.15) is 44.2 Å². The molecule has 4 nitrogen and oxygen atoms in total. The molecule has 19 heavy (non-hydrogen) atoms. The predicted molar refractivity (Wildman–Crippen MR) is 75.1 cm³/mol. The van der Waals surface area contributed by atoms with Crippen LogP contribution in [0.3, 0.4) is 0 Å². The number of para-hydroxylation sites is 1. The third kappa shape index (κ3) is 4.39. The van der Waals surface area contributed by atoms with Gasteiger partial charge in [-0.05, 0) is 30.9 Å². The van der Waals surface area contributed by atoms with Gasteiger partial charge in [0.15, 0.2) is 0 Å². The van der Waals surface area contributed by atoms with Crippen molar-refractivity contribution in [1.29, 1.82) is 0 Å².